The highest BCUT2D eigenvalue weighted by atomic mass is 35.5. The number of hydrogen-bond donors (Lipinski definition) is 3. The van der Waals surface area contributed by atoms with Crippen molar-refractivity contribution in [1.82, 2.24) is 15.0 Å². The average molecular weight is 337 g/mol. The molecule has 0 saturated heterocycles. The number of pyridine rings is 1. The van der Waals surface area contributed by atoms with Crippen LogP contribution in [0.5, 0.6) is 0 Å². The van der Waals surface area contributed by atoms with Crippen LogP contribution in [0.25, 0.3) is 0 Å². The molecule has 8 nitrogen and oxygen atoms in total. The van der Waals surface area contributed by atoms with E-state index in [0.717, 1.165) is 6.20 Å². The number of rotatable bonds is 8. The number of sulfonamides is 1. The van der Waals surface area contributed by atoms with Crippen molar-refractivity contribution in [3.8, 4) is 0 Å². The second-order valence-electron chi connectivity index (χ2n) is 4.03. The van der Waals surface area contributed by atoms with E-state index in [1.807, 2.05) is 0 Å². The second-order valence-corrected chi connectivity index (χ2v) is 6.20. The van der Waals surface area contributed by atoms with Gasteiger partial charge in [0.2, 0.25) is 15.9 Å². The first-order valence-electron chi connectivity index (χ1n) is 6.03. The lowest BCUT2D eigenvalue weighted by Gasteiger charge is -2.08. The Morgan fingerprint density at radius 3 is 2.81 bits per heavy atom. The Hall–Kier alpha value is -1.42. The fourth-order valence-electron chi connectivity index (χ4n) is 1.34. The summed E-state index contributed by atoms with van der Waals surface area (Å²) >= 11 is 5.72. The number of carbonyl (C=O) groups excluding carboxylic acids is 1. The summed E-state index contributed by atoms with van der Waals surface area (Å²) < 4.78 is 30.9. The van der Waals surface area contributed by atoms with Gasteiger partial charge in [-0.25, -0.2) is 18.1 Å². The maximum Gasteiger partial charge on any atom is 0.242 e. The molecule has 1 heterocycles. The topological polar surface area (TPSA) is 123 Å². The number of methoxy groups -OCH3 is 1. The quantitative estimate of drug-likeness (QED) is 0.562. The number of hydrogen-bond acceptors (Lipinski definition) is 6. The van der Waals surface area contributed by atoms with Crippen LogP contribution in [0.4, 0.5) is 5.82 Å². The van der Waals surface area contributed by atoms with Crippen molar-refractivity contribution in [2.45, 2.75) is 11.3 Å². The Balaban J connectivity index is 2.50. The molecule has 1 amide bonds. The third-order valence-electron chi connectivity index (χ3n) is 2.43. The smallest absolute Gasteiger partial charge is 0.242 e. The van der Waals surface area contributed by atoms with Crippen molar-refractivity contribution >= 4 is 33.3 Å². The fourth-order valence-corrected chi connectivity index (χ4v) is 2.57. The Morgan fingerprint density at radius 2 is 2.19 bits per heavy atom. The Bertz CT molecular complexity index is 594. The van der Waals surface area contributed by atoms with Crippen molar-refractivity contribution in [2.75, 3.05) is 32.5 Å². The van der Waals surface area contributed by atoms with Gasteiger partial charge in [-0.3, -0.25) is 4.79 Å². The lowest BCUT2D eigenvalue weighted by atomic mass is 10.4. The summed E-state index contributed by atoms with van der Waals surface area (Å²) in [7, 11) is -2.26. The minimum absolute atomic E-state index is 0.0130. The van der Waals surface area contributed by atoms with E-state index in [2.05, 4.69) is 15.0 Å². The number of aromatic nitrogens is 1. The predicted octanol–water partition coefficient (Wildman–Crippen LogP) is -0.252. The highest BCUT2D eigenvalue weighted by molar-refractivity contribution is 7.89. The highest BCUT2D eigenvalue weighted by Crippen LogP contribution is 2.19. The first-order valence-corrected chi connectivity index (χ1v) is 7.89. The van der Waals surface area contributed by atoms with Gasteiger partial charge in [-0.05, 0) is 6.07 Å². The van der Waals surface area contributed by atoms with Gasteiger partial charge in [0, 0.05) is 32.8 Å². The second kappa shape index (κ2) is 8.13. The number of anilines is 1. The number of carbonyl (C=O) groups is 1. The number of halogens is 1. The molecule has 0 aromatic carbocycles. The highest BCUT2D eigenvalue weighted by Gasteiger charge is 2.16. The van der Waals surface area contributed by atoms with E-state index in [-0.39, 0.29) is 34.6 Å². The van der Waals surface area contributed by atoms with Gasteiger partial charge in [0.1, 0.15) is 10.7 Å². The van der Waals surface area contributed by atoms with E-state index in [9.17, 15) is 13.2 Å². The Morgan fingerprint density at radius 1 is 1.48 bits per heavy atom. The average Bonchev–Trinajstić information content (AvgIpc) is 2.42. The van der Waals surface area contributed by atoms with E-state index >= 15 is 0 Å². The van der Waals surface area contributed by atoms with E-state index in [1.54, 1.807) is 0 Å². The zero-order valence-electron chi connectivity index (χ0n) is 11.4. The van der Waals surface area contributed by atoms with Crippen LogP contribution in [-0.4, -0.2) is 46.1 Å². The van der Waals surface area contributed by atoms with E-state index in [1.165, 1.54) is 13.2 Å². The molecule has 0 unspecified atom stereocenters. The molecule has 0 fully saturated rings. The van der Waals surface area contributed by atoms with Gasteiger partial charge in [0.05, 0.1) is 11.6 Å². The van der Waals surface area contributed by atoms with Crippen molar-refractivity contribution < 1.29 is 17.9 Å². The van der Waals surface area contributed by atoms with Gasteiger partial charge >= 0.3 is 0 Å². The predicted molar refractivity (Wildman–Crippen MR) is 78.4 cm³/mol. The van der Waals surface area contributed by atoms with Gasteiger partial charge in [-0.1, -0.05) is 11.6 Å². The van der Waals surface area contributed by atoms with Gasteiger partial charge in [0.15, 0.2) is 0 Å². The molecule has 4 N–H and O–H groups in total. The van der Waals surface area contributed by atoms with E-state index < -0.39 is 10.0 Å². The minimum atomic E-state index is -3.78. The summed E-state index contributed by atoms with van der Waals surface area (Å²) in [5, 5.41) is 2.63. The molecule has 0 aliphatic carbocycles. The molecular formula is C11H17ClN4O4S. The van der Waals surface area contributed by atoms with Gasteiger partial charge in [-0.15, -0.1) is 0 Å². The van der Waals surface area contributed by atoms with Crippen LogP contribution < -0.4 is 15.8 Å². The van der Waals surface area contributed by atoms with Crippen molar-refractivity contribution in [1.29, 1.82) is 0 Å². The molecule has 0 saturated carbocycles. The molecule has 118 valence electrons. The number of nitrogens with one attached hydrogen (secondary N) is 2. The summed E-state index contributed by atoms with van der Waals surface area (Å²) in [6, 6.07) is 1.20. The van der Waals surface area contributed by atoms with Crippen LogP contribution in [0.15, 0.2) is 17.2 Å². The first kappa shape index (κ1) is 17.6. The maximum absolute atomic E-state index is 11.9. The molecule has 0 radical (unpaired) electrons. The van der Waals surface area contributed by atoms with E-state index in [4.69, 9.17) is 22.1 Å². The molecule has 0 bridgehead atoms. The van der Waals surface area contributed by atoms with Crippen molar-refractivity contribution in [3.05, 3.63) is 17.3 Å². The summed E-state index contributed by atoms with van der Waals surface area (Å²) in [4.78, 5) is 14.9. The molecule has 1 aromatic rings. The maximum atomic E-state index is 11.9. The summed E-state index contributed by atoms with van der Waals surface area (Å²) in [5.74, 6) is -0.226. The molecular weight excluding hydrogens is 320 g/mol. The standard InChI is InChI=1S/C11H17ClN4O4S/c1-20-5-4-14-10(17)2-3-16-21(18,19)8-6-9(12)11(13)15-7-8/h6-7,16H,2-5H2,1H3,(H2,13,15)(H,14,17). The molecule has 0 aliphatic rings. The van der Waals surface area contributed by atoms with Gasteiger partial charge < -0.3 is 15.8 Å². The van der Waals surface area contributed by atoms with Gasteiger partial charge in [0.25, 0.3) is 0 Å². The van der Waals surface area contributed by atoms with Crippen LogP contribution in [0.3, 0.4) is 0 Å². The number of nitrogens with two attached hydrogens (primary N) is 1. The molecule has 0 spiro atoms. The third kappa shape index (κ3) is 5.84. The zero-order chi connectivity index (χ0) is 15.9. The Labute approximate surface area is 128 Å². The van der Waals surface area contributed by atoms with Crippen LogP contribution in [0.1, 0.15) is 6.42 Å². The summed E-state index contributed by atoms with van der Waals surface area (Å²) in [6.45, 7) is 0.732. The molecule has 21 heavy (non-hydrogen) atoms. The summed E-state index contributed by atoms with van der Waals surface area (Å²) in [6.07, 6.45) is 1.11. The molecule has 0 aliphatic heterocycles. The molecule has 0 atom stereocenters. The number of nitrogens with zero attached hydrogens (tertiary/aromatic N) is 1. The molecule has 10 heteroatoms. The number of amides is 1. The summed E-state index contributed by atoms with van der Waals surface area (Å²) in [5.41, 5.74) is 5.41. The van der Waals surface area contributed by atoms with Crippen LogP contribution in [-0.2, 0) is 19.6 Å². The first-order chi connectivity index (χ1) is 9.86. The molecule has 1 aromatic heterocycles. The minimum Gasteiger partial charge on any atom is -0.383 e. The van der Waals surface area contributed by atoms with E-state index in [0.29, 0.717) is 13.2 Å². The third-order valence-corrected chi connectivity index (χ3v) is 4.16. The molecule has 1 rings (SSSR count). The number of ether oxygens (including phenoxy) is 1. The SMILES string of the molecule is COCCNC(=O)CCNS(=O)(=O)c1cnc(N)c(Cl)c1. The fraction of sp³-hybridized carbons (Fsp3) is 0.455. The number of nitrogen functional groups attached to an aromatic ring is 1. The van der Waals surface area contributed by atoms with Crippen LogP contribution >= 0.6 is 11.6 Å². The van der Waals surface area contributed by atoms with Crippen LogP contribution in [0, 0.1) is 0 Å². The largest absolute Gasteiger partial charge is 0.383 e. The Kier molecular flexibility index (Phi) is 6.82. The van der Waals surface area contributed by atoms with Gasteiger partial charge in [-0.2, -0.15) is 0 Å². The van der Waals surface area contributed by atoms with Crippen molar-refractivity contribution in [3.63, 3.8) is 0 Å². The normalized spacial score (nSPS) is 11.3. The van der Waals surface area contributed by atoms with Crippen LogP contribution in [0.2, 0.25) is 5.02 Å². The van der Waals surface area contributed by atoms with Crippen molar-refractivity contribution in [2.24, 2.45) is 0 Å². The lowest BCUT2D eigenvalue weighted by Crippen LogP contribution is -2.32. The zero-order valence-corrected chi connectivity index (χ0v) is 13.0. The monoisotopic (exact) mass is 336 g/mol. The lowest BCUT2D eigenvalue weighted by molar-refractivity contribution is -0.121.